The summed E-state index contributed by atoms with van der Waals surface area (Å²) in [5.74, 6) is 0. The van der Waals surface area contributed by atoms with Crippen LogP contribution in [-0.2, 0) is 0 Å². The van der Waals surface area contributed by atoms with E-state index in [1.807, 2.05) is 0 Å². The maximum Gasteiger partial charge on any atom is 0.00956 e. The van der Waals surface area contributed by atoms with Gasteiger partial charge in [-0.15, -0.1) is 0 Å². The first-order chi connectivity index (χ1) is 7.38. The van der Waals surface area contributed by atoms with Gasteiger partial charge in [-0.1, -0.05) is 0 Å². The molecule has 15 heavy (non-hydrogen) atoms. The van der Waals surface area contributed by atoms with Crippen LogP contribution >= 0.6 is 0 Å². The largest absolute Gasteiger partial charge is 0.317 e. The Labute approximate surface area is 93.4 Å². The molecule has 0 aromatic rings. The van der Waals surface area contributed by atoms with Crippen LogP contribution in [0.4, 0.5) is 0 Å². The quantitative estimate of drug-likeness (QED) is 0.709. The highest BCUT2D eigenvalue weighted by Crippen LogP contribution is 2.44. The lowest BCUT2D eigenvalue weighted by molar-refractivity contribution is 0.0359. The summed E-state index contributed by atoms with van der Waals surface area (Å²) in [5, 5.41) is 3.50. The number of piperidine rings is 1. The Morgan fingerprint density at radius 2 is 1.60 bits per heavy atom. The molecule has 0 aromatic heterocycles. The summed E-state index contributed by atoms with van der Waals surface area (Å²) < 4.78 is 0. The Morgan fingerprint density at radius 1 is 0.933 bits per heavy atom. The van der Waals surface area contributed by atoms with Crippen molar-refractivity contribution in [3.8, 4) is 0 Å². The molecule has 3 aliphatic rings. The van der Waals surface area contributed by atoms with Crippen LogP contribution in [0.3, 0.4) is 0 Å². The number of likely N-dealkylation sites (tertiary alicyclic amines) is 1. The van der Waals surface area contributed by atoms with Crippen molar-refractivity contribution in [1.29, 1.82) is 0 Å². The zero-order valence-corrected chi connectivity index (χ0v) is 9.80. The summed E-state index contributed by atoms with van der Waals surface area (Å²) in [6, 6.07) is 0.958. The number of hydrogen-bond donors (Lipinski definition) is 1. The smallest absolute Gasteiger partial charge is 0.00956 e. The SMILES string of the molecule is C1CN(C2CCC3(CCNCC3)CC2)C1. The molecule has 3 rings (SSSR count). The van der Waals surface area contributed by atoms with Gasteiger partial charge in [0.25, 0.3) is 0 Å². The lowest BCUT2D eigenvalue weighted by Crippen LogP contribution is -2.49. The summed E-state index contributed by atoms with van der Waals surface area (Å²) in [4.78, 5) is 2.72. The van der Waals surface area contributed by atoms with E-state index in [0.29, 0.717) is 0 Å². The van der Waals surface area contributed by atoms with Crippen molar-refractivity contribution in [2.75, 3.05) is 26.2 Å². The molecule has 86 valence electrons. The first-order valence-corrected chi connectivity index (χ1v) is 6.83. The lowest BCUT2D eigenvalue weighted by atomic mass is 9.67. The van der Waals surface area contributed by atoms with Crippen molar-refractivity contribution in [3.63, 3.8) is 0 Å². The van der Waals surface area contributed by atoms with Crippen LogP contribution in [-0.4, -0.2) is 37.1 Å². The van der Waals surface area contributed by atoms with Gasteiger partial charge in [0, 0.05) is 6.04 Å². The van der Waals surface area contributed by atoms with Gasteiger partial charge in [-0.3, -0.25) is 0 Å². The maximum atomic E-state index is 3.50. The summed E-state index contributed by atoms with van der Waals surface area (Å²) in [6.45, 7) is 5.32. The summed E-state index contributed by atoms with van der Waals surface area (Å²) in [5.41, 5.74) is 0.757. The van der Waals surface area contributed by atoms with E-state index < -0.39 is 0 Å². The molecule has 0 aromatic carbocycles. The van der Waals surface area contributed by atoms with Gasteiger partial charge in [-0.05, 0) is 76.5 Å². The molecule has 2 saturated heterocycles. The van der Waals surface area contributed by atoms with Gasteiger partial charge >= 0.3 is 0 Å². The Kier molecular flexibility index (Phi) is 2.73. The third-order valence-electron chi connectivity index (χ3n) is 5.09. The van der Waals surface area contributed by atoms with Crippen LogP contribution in [0.1, 0.15) is 44.9 Å². The summed E-state index contributed by atoms with van der Waals surface area (Å²) >= 11 is 0. The standard InChI is InChI=1S/C13H24N2/c1-10-15(11-1)12-2-4-13(5-3-12)6-8-14-9-7-13/h12,14H,1-11H2. The molecule has 2 nitrogen and oxygen atoms in total. The number of nitrogens with zero attached hydrogens (tertiary/aromatic N) is 1. The molecule has 2 heterocycles. The first kappa shape index (κ1) is 10.1. The lowest BCUT2D eigenvalue weighted by Gasteiger charge is -2.48. The molecule has 2 heteroatoms. The molecule has 0 radical (unpaired) electrons. The fourth-order valence-corrected chi connectivity index (χ4v) is 3.74. The predicted molar refractivity (Wildman–Crippen MR) is 63.0 cm³/mol. The van der Waals surface area contributed by atoms with E-state index >= 15 is 0 Å². The molecule has 2 aliphatic heterocycles. The molecule has 0 unspecified atom stereocenters. The van der Waals surface area contributed by atoms with Gasteiger partial charge < -0.3 is 10.2 Å². The van der Waals surface area contributed by atoms with Crippen LogP contribution in [0.15, 0.2) is 0 Å². The van der Waals surface area contributed by atoms with Gasteiger partial charge in [0.2, 0.25) is 0 Å². The van der Waals surface area contributed by atoms with Crippen LogP contribution in [0.2, 0.25) is 0 Å². The molecule has 0 amide bonds. The van der Waals surface area contributed by atoms with Crippen LogP contribution in [0.25, 0.3) is 0 Å². The first-order valence-electron chi connectivity index (χ1n) is 6.83. The van der Waals surface area contributed by atoms with Gasteiger partial charge in [-0.2, -0.15) is 0 Å². The van der Waals surface area contributed by atoms with E-state index in [1.54, 1.807) is 0 Å². The van der Waals surface area contributed by atoms with Crippen molar-refractivity contribution in [1.82, 2.24) is 10.2 Å². The van der Waals surface area contributed by atoms with Crippen LogP contribution in [0.5, 0.6) is 0 Å². The van der Waals surface area contributed by atoms with Crippen molar-refractivity contribution in [3.05, 3.63) is 0 Å². The minimum atomic E-state index is 0.757. The van der Waals surface area contributed by atoms with Crippen LogP contribution in [0, 0.1) is 5.41 Å². The van der Waals surface area contributed by atoms with Crippen molar-refractivity contribution in [2.45, 2.75) is 51.0 Å². The maximum absolute atomic E-state index is 3.50. The Morgan fingerprint density at radius 3 is 2.13 bits per heavy atom. The Balaban J connectivity index is 1.54. The zero-order chi connectivity index (χ0) is 10.1. The third kappa shape index (κ3) is 1.94. The minimum Gasteiger partial charge on any atom is -0.317 e. The molecule has 1 aliphatic carbocycles. The fourth-order valence-electron chi connectivity index (χ4n) is 3.74. The van der Waals surface area contributed by atoms with Gasteiger partial charge in [0.15, 0.2) is 0 Å². The summed E-state index contributed by atoms with van der Waals surface area (Å²) in [6.07, 6.45) is 10.3. The van der Waals surface area contributed by atoms with E-state index in [0.717, 1.165) is 11.5 Å². The van der Waals surface area contributed by atoms with E-state index in [4.69, 9.17) is 0 Å². The molecule has 0 bridgehead atoms. The molecule has 1 spiro atoms. The zero-order valence-electron chi connectivity index (χ0n) is 9.80. The molecule has 0 atom stereocenters. The molecule has 3 fully saturated rings. The second-order valence-electron chi connectivity index (χ2n) is 5.87. The van der Waals surface area contributed by atoms with E-state index in [-0.39, 0.29) is 0 Å². The van der Waals surface area contributed by atoms with Crippen LogP contribution < -0.4 is 5.32 Å². The fraction of sp³-hybridized carbons (Fsp3) is 1.00. The average molecular weight is 208 g/mol. The highest BCUT2D eigenvalue weighted by Gasteiger charge is 2.38. The third-order valence-corrected chi connectivity index (χ3v) is 5.09. The summed E-state index contributed by atoms with van der Waals surface area (Å²) in [7, 11) is 0. The number of hydrogen-bond acceptors (Lipinski definition) is 2. The van der Waals surface area contributed by atoms with E-state index in [9.17, 15) is 0 Å². The van der Waals surface area contributed by atoms with E-state index in [1.165, 1.54) is 71.1 Å². The number of rotatable bonds is 1. The topological polar surface area (TPSA) is 15.3 Å². The van der Waals surface area contributed by atoms with Crippen molar-refractivity contribution >= 4 is 0 Å². The average Bonchev–Trinajstić information content (AvgIpc) is 2.21. The van der Waals surface area contributed by atoms with Gasteiger partial charge in [0.1, 0.15) is 0 Å². The second kappa shape index (κ2) is 4.06. The van der Waals surface area contributed by atoms with E-state index in [2.05, 4.69) is 10.2 Å². The highest BCUT2D eigenvalue weighted by molar-refractivity contribution is 4.93. The normalized spacial score (nSPS) is 32.8. The van der Waals surface area contributed by atoms with Crippen molar-refractivity contribution < 1.29 is 0 Å². The molecule has 1 saturated carbocycles. The highest BCUT2D eigenvalue weighted by atomic mass is 15.2. The van der Waals surface area contributed by atoms with Crippen molar-refractivity contribution in [2.24, 2.45) is 5.41 Å². The number of nitrogens with one attached hydrogen (secondary N) is 1. The monoisotopic (exact) mass is 208 g/mol. The second-order valence-corrected chi connectivity index (χ2v) is 5.87. The Bertz CT molecular complexity index is 207. The van der Waals surface area contributed by atoms with Gasteiger partial charge in [-0.25, -0.2) is 0 Å². The Hall–Kier alpha value is -0.0800. The van der Waals surface area contributed by atoms with Gasteiger partial charge in [0.05, 0.1) is 0 Å². The molecule has 1 N–H and O–H groups in total. The predicted octanol–water partition coefficient (Wildman–Crippen LogP) is 2.00. The molecular formula is C13H24N2. The molecular weight excluding hydrogens is 184 g/mol. The minimum absolute atomic E-state index is 0.757.